The first-order valence-electron chi connectivity index (χ1n) is 7.76. The number of ether oxygens (including phenoxy) is 1. The van der Waals surface area contributed by atoms with E-state index in [9.17, 15) is 0 Å². The van der Waals surface area contributed by atoms with Crippen LogP contribution in [0.4, 0.5) is 0 Å². The monoisotopic (exact) mass is 254 g/mol. The Morgan fingerprint density at radius 3 is 2.44 bits per heavy atom. The molecule has 1 atom stereocenters. The predicted octanol–water partition coefficient (Wildman–Crippen LogP) is 2.22. The molecule has 1 spiro atoms. The Labute approximate surface area is 112 Å². The number of hydrogen-bond donors (Lipinski definition) is 0. The van der Waals surface area contributed by atoms with Crippen molar-refractivity contribution in [3.8, 4) is 0 Å². The van der Waals surface area contributed by atoms with Crippen LogP contribution in [0.2, 0.25) is 0 Å². The third-order valence-corrected chi connectivity index (χ3v) is 4.81. The molecule has 2 rings (SSSR count). The number of piperidine rings is 1. The molecule has 0 radical (unpaired) electrons. The van der Waals surface area contributed by atoms with Crippen LogP contribution in [-0.4, -0.2) is 61.3 Å². The van der Waals surface area contributed by atoms with E-state index in [4.69, 9.17) is 4.74 Å². The van der Waals surface area contributed by atoms with Gasteiger partial charge in [0, 0.05) is 32.7 Å². The fourth-order valence-corrected chi connectivity index (χ4v) is 3.21. The lowest BCUT2D eigenvalue weighted by Gasteiger charge is -2.47. The van der Waals surface area contributed by atoms with E-state index in [1.54, 1.807) is 0 Å². The summed E-state index contributed by atoms with van der Waals surface area (Å²) in [5, 5.41) is 0. The highest BCUT2D eigenvalue weighted by Gasteiger charge is 2.39. The molecule has 1 unspecified atom stereocenters. The topological polar surface area (TPSA) is 15.7 Å². The summed E-state index contributed by atoms with van der Waals surface area (Å²) in [5.41, 5.74) is 0.181. The third kappa shape index (κ3) is 3.46. The molecule has 18 heavy (non-hydrogen) atoms. The number of rotatable bonds is 4. The summed E-state index contributed by atoms with van der Waals surface area (Å²) >= 11 is 0. The zero-order chi connectivity index (χ0) is 13.0. The highest BCUT2D eigenvalue weighted by atomic mass is 16.5. The van der Waals surface area contributed by atoms with Crippen molar-refractivity contribution in [1.82, 2.24) is 9.80 Å². The molecule has 0 aromatic carbocycles. The van der Waals surface area contributed by atoms with E-state index in [1.807, 2.05) is 0 Å². The summed E-state index contributed by atoms with van der Waals surface area (Å²) in [5.74, 6) is 0.832. The average Bonchev–Trinajstić information content (AvgIpc) is 2.41. The minimum atomic E-state index is 0.181. The van der Waals surface area contributed by atoms with Gasteiger partial charge in [0.2, 0.25) is 0 Å². The second-order valence-electron chi connectivity index (χ2n) is 6.21. The SMILES string of the molecule is CCC(C)CN1CCC2(CC1)CN(CC)CCO2. The Bertz CT molecular complexity index is 249. The summed E-state index contributed by atoms with van der Waals surface area (Å²) in [6, 6.07) is 0. The van der Waals surface area contributed by atoms with Crippen molar-refractivity contribution in [1.29, 1.82) is 0 Å². The van der Waals surface area contributed by atoms with Crippen LogP contribution in [0.3, 0.4) is 0 Å². The number of hydrogen-bond acceptors (Lipinski definition) is 3. The van der Waals surface area contributed by atoms with Crippen molar-refractivity contribution < 1.29 is 4.74 Å². The van der Waals surface area contributed by atoms with Crippen molar-refractivity contribution in [3.63, 3.8) is 0 Å². The standard InChI is InChI=1S/C15H30N2O/c1-4-14(3)12-17-8-6-15(7-9-17)13-16(5-2)10-11-18-15/h14H,4-13H2,1-3H3. The number of nitrogens with zero attached hydrogens (tertiary/aromatic N) is 2. The lowest BCUT2D eigenvalue weighted by atomic mass is 9.89. The van der Waals surface area contributed by atoms with E-state index in [2.05, 4.69) is 30.6 Å². The maximum absolute atomic E-state index is 6.15. The fourth-order valence-electron chi connectivity index (χ4n) is 3.21. The van der Waals surface area contributed by atoms with Gasteiger partial charge in [0.1, 0.15) is 0 Å². The van der Waals surface area contributed by atoms with E-state index < -0.39 is 0 Å². The van der Waals surface area contributed by atoms with Crippen molar-refractivity contribution >= 4 is 0 Å². The van der Waals surface area contributed by atoms with Crippen LogP contribution in [0.5, 0.6) is 0 Å². The van der Waals surface area contributed by atoms with Gasteiger partial charge in [0.05, 0.1) is 12.2 Å². The van der Waals surface area contributed by atoms with Crippen LogP contribution < -0.4 is 0 Å². The summed E-state index contributed by atoms with van der Waals surface area (Å²) in [6.07, 6.45) is 3.74. The molecule has 2 aliphatic rings. The van der Waals surface area contributed by atoms with Crippen LogP contribution in [0.1, 0.15) is 40.0 Å². The molecule has 0 amide bonds. The Morgan fingerprint density at radius 2 is 1.83 bits per heavy atom. The van der Waals surface area contributed by atoms with Crippen LogP contribution in [0, 0.1) is 5.92 Å². The minimum Gasteiger partial charge on any atom is -0.372 e. The van der Waals surface area contributed by atoms with E-state index in [-0.39, 0.29) is 5.60 Å². The zero-order valence-corrected chi connectivity index (χ0v) is 12.5. The zero-order valence-electron chi connectivity index (χ0n) is 12.5. The molecular weight excluding hydrogens is 224 g/mol. The van der Waals surface area contributed by atoms with Crippen LogP contribution in [-0.2, 0) is 4.74 Å². The lowest BCUT2D eigenvalue weighted by molar-refractivity contribution is -0.135. The number of morpholine rings is 1. The Balaban J connectivity index is 1.81. The van der Waals surface area contributed by atoms with Crippen molar-refractivity contribution in [2.75, 3.05) is 45.9 Å². The van der Waals surface area contributed by atoms with Crippen LogP contribution in [0.25, 0.3) is 0 Å². The Hall–Kier alpha value is -0.120. The molecule has 0 N–H and O–H groups in total. The Morgan fingerprint density at radius 1 is 1.11 bits per heavy atom. The molecular formula is C15H30N2O. The molecule has 3 nitrogen and oxygen atoms in total. The largest absolute Gasteiger partial charge is 0.372 e. The van der Waals surface area contributed by atoms with Crippen molar-refractivity contribution in [2.45, 2.75) is 45.6 Å². The van der Waals surface area contributed by atoms with Crippen molar-refractivity contribution in [2.24, 2.45) is 5.92 Å². The fraction of sp³-hybridized carbons (Fsp3) is 1.00. The second kappa shape index (κ2) is 6.36. The normalized spacial score (nSPS) is 27.5. The van der Waals surface area contributed by atoms with Gasteiger partial charge >= 0.3 is 0 Å². The van der Waals surface area contributed by atoms with Crippen LogP contribution >= 0.6 is 0 Å². The molecule has 0 aliphatic carbocycles. The quantitative estimate of drug-likeness (QED) is 0.765. The molecule has 106 valence electrons. The molecule has 0 aromatic rings. The molecule has 2 fully saturated rings. The van der Waals surface area contributed by atoms with Gasteiger partial charge < -0.3 is 9.64 Å². The molecule has 0 saturated carbocycles. The molecule has 2 saturated heterocycles. The minimum absolute atomic E-state index is 0.181. The Kier molecular flexibility index (Phi) is 5.05. The number of likely N-dealkylation sites (N-methyl/N-ethyl adjacent to an activating group) is 1. The maximum atomic E-state index is 6.15. The molecule has 0 aromatic heterocycles. The highest BCUT2D eigenvalue weighted by molar-refractivity contribution is 4.92. The second-order valence-corrected chi connectivity index (χ2v) is 6.21. The number of likely N-dealkylation sites (tertiary alicyclic amines) is 1. The summed E-state index contributed by atoms with van der Waals surface area (Å²) in [6.45, 7) is 15.0. The van der Waals surface area contributed by atoms with Gasteiger partial charge in [0.15, 0.2) is 0 Å². The highest BCUT2D eigenvalue weighted by Crippen LogP contribution is 2.30. The van der Waals surface area contributed by atoms with Crippen molar-refractivity contribution in [3.05, 3.63) is 0 Å². The summed E-state index contributed by atoms with van der Waals surface area (Å²) < 4.78 is 6.15. The molecule has 2 heterocycles. The lowest BCUT2D eigenvalue weighted by Crippen LogP contribution is -2.57. The van der Waals surface area contributed by atoms with E-state index in [0.29, 0.717) is 0 Å². The van der Waals surface area contributed by atoms with Gasteiger partial charge in [-0.1, -0.05) is 27.2 Å². The summed E-state index contributed by atoms with van der Waals surface area (Å²) in [7, 11) is 0. The first kappa shape index (κ1) is 14.3. The third-order valence-electron chi connectivity index (χ3n) is 4.81. The van der Waals surface area contributed by atoms with Gasteiger partial charge in [0.25, 0.3) is 0 Å². The van der Waals surface area contributed by atoms with Gasteiger partial charge in [-0.3, -0.25) is 4.90 Å². The van der Waals surface area contributed by atoms with E-state index >= 15 is 0 Å². The molecule has 3 heteroatoms. The van der Waals surface area contributed by atoms with Crippen LogP contribution in [0.15, 0.2) is 0 Å². The first-order chi connectivity index (χ1) is 8.67. The van der Waals surface area contributed by atoms with Gasteiger partial charge in [-0.05, 0) is 25.3 Å². The van der Waals surface area contributed by atoms with Gasteiger partial charge in [-0.2, -0.15) is 0 Å². The average molecular weight is 254 g/mol. The maximum Gasteiger partial charge on any atom is 0.0833 e. The molecule has 2 aliphatic heterocycles. The van der Waals surface area contributed by atoms with Gasteiger partial charge in [-0.15, -0.1) is 0 Å². The van der Waals surface area contributed by atoms with E-state index in [0.717, 1.165) is 25.6 Å². The molecule has 0 bridgehead atoms. The first-order valence-corrected chi connectivity index (χ1v) is 7.76. The van der Waals surface area contributed by atoms with Gasteiger partial charge in [-0.25, -0.2) is 0 Å². The predicted molar refractivity (Wildman–Crippen MR) is 75.9 cm³/mol. The summed E-state index contributed by atoms with van der Waals surface area (Å²) in [4.78, 5) is 5.18. The van der Waals surface area contributed by atoms with E-state index in [1.165, 1.54) is 45.4 Å². The smallest absolute Gasteiger partial charge is 0.0833 e.